The molecule has 0 aliphatic carbocycles. The predicted molar refractivity (Wildman–Crippen MR) is 66.0 cm³/mol. The van der Waals surface area contributed by atoms with Crippen molar-refractivity contribution in [2.75, 3.05) is 31.5 Å². The van der Waals surface area contributed by atoms with Crippen LogP contribution in [0.2, 0.25) is 0 Å². The Bertz CT molecular complexity index is 359. The normalized spacial score (nSPS) is 22.1. The molecule has 0 aromatic carbocycles. The van der Waals surface area contributed by atoms with Crippen molar-refractivity contribution in [2.45, 2.75) is 13.3 Å². The van der Waals surface area contributed by atoms with Gasteiger partial charge in [-0.05, 0) is 37.6 Å². The first-order valence-electron chi connectivity index (χ1n) is 5.29. The summed E-state index contributed by atoms with van der Waals surface area (Å²) in [5.74, 6) is 0.752. The zero-order valence-electron chi connectivity index (χ0n) is 8.82. The van der Waals surface area contributed by atoms with Gasteiger partial charge >= 0.3 is 0 Å². The van der Waals surface area contributed by atoms with Crippen LogP contribution in [-0.4, -0.2) is 41.3 Å². The summed E-state index contributed by atoms with van der Waals surface area (Å²) in [6.07, 6.45) is 1.29. The average Bonchev–Trinajstić information content (AvgIpc) is 2.83. The van der Waals surface area contributed by atoms with Gasteiger partial charge in [0.15, 0.2) is 3.95 Å². The third-order valence-corrected chi connectivity index (χ3v) is 3.84. The molecule has 2 rings (SSSR count). The topological polar surface area (TPSA) is 44.0 Å². The molecule has 1 fully saturated rings. The largest absolute Gasteiger partial charge is 0.360 e. The molecule has 2 N–H and O–H groups in total. The summed E-state index contributed by atoms with van der Waals surface area (Å²) in [6, 6.07) is 0. The van der Waals surface area contributed by atoms with Crippen LogP contribution in [0.3, 0.4) is 0 Å². The summed E-state index contributed by atoms with van der Waals surface area (Å²) in [6.45, 7) is 6.83. The van der Waals surface area contributed by atoms with E-state index in [0.29, 0.717) is 0 Å². The van der Waals surface area contributed by atoms with Crippen molar-refractivity contribution in [3.8, 4) is 0 Å². The molecule has 4 nitrogen and oxygen atoms in total. The number of rotatable bonds is 4. The summed E-state index contributed by atoms with van der Waals surface area (Å²) in [4.78, 5) is 2.48. The fourth-order valence-corrected chi connectivity index (χ4v) is 2.70. The van der Waals surface area contributed by atoms with Gasteiger partial charge in [-0.15, -0.1) is 5.10 Å². The van der Waals surface area contributed by atoms with Crippen LogP contribution in [0.4, 0.5) is 5.13 Å². The number of anilines is 1. The summed E-state index contributed by atoms with van der Waals surface area (Å²) in [5.41, 5.74) is 0. The number of H-pyrrole nitrogens is 1. The van der Waals surface area contributed by atoms with E-state index in [-0.39, 0.29) is 0 Å². The zero-order valence-corrected chi connectivity index (χ0v) is 10.5. The Labute approximate surface area is 98.7 Å². The molecule has 1 unspecified atom stereocenters. The van der Waals surface area contributed by atoms with Crippen molar-refractivity contribution in [1.82, 2.24) is 15.1 Å². The Morgan fingerprint density at radius 1 is 1.73 bits per heavy atom. The van der Waals surface area contributed by atoms with E-state index in [1.165, 1.54) is 30.8 Å². The Morgan fingerprint density at radius 3 is 3.20 bits per heavy atom. The van der Waals surface area contributed by atoms with Crippen LogP contribution < -0.4 is 5.32 Å². The lowest BCUT2D eigenvalue weighted by Gasteiger charge is -2.12. The van der Waals surface area contributed by atoms with Crippen molar-refractivity contribution in [3.63, 3.8) is 0 Å². The maximum atomic E-state index is 4.97. The van der Waals surface area contributed by atoms with Gasteiger partial charge in [0, 0.05) is 13.1 Å². The number of nitrogens with one attached hydrogen (secondary N) is 2. The number of aromatic amines is 1. The summed E-state index contributed by atoms with van der Waals surface area (Å²) in [7, 11) is 0. The van der Waals surface area contributed by atoms with Crippen molar-refractivity contribution < 1.29 is 0 Å². The van der Waals surface area contributed by atoms with E-state index < -0.39 is 0 Å². The second-order valence-electron chi connectivity index (χ2n) is 3.85. The minimum Gasteiger partial charge on any atom is -0.360 e. The van der Waals surface area contributed by atoms with E-state index in [1.54, 1.807) is 0 Å². The highest BCUT2D eigenvalue weighted by Gasteiger charge is 2.20. The molecule has 0 radical (unpaired) electrons. The molecule has 1 saturated heterocycles. The first kappa shape index (κ1) is 11.0. The molecule has 15 heavy (non-hydrogen) atoms. The number of aromatic nitrogens is 2. The highest BCUT2D eigenvalue weighted by atomic mass is 32.1. The van der Waals surface area contributed by atoms with Gasteiger partial charge in [-0.25, -0.2) is 0 Å². The second-order valence-corrected chi connectivity index (χ2v) is 5.51. The van der Waals surface area contributed by atoms with E-state index in [0.717, 1.165) is 28.1 Å². The monoisotopic (exact) mass is 244 g/mol. The lowest BCUT2D eigenvalue weighted by atomic mass is 10.1. The molecular weight excluding hydrogens is 228 g/mol. The molecule has 0 amide bonds. The third kappa shape index (κ3) is 2.99. The molecule has 1 aromatic rings. The molecule has 0 saturated carbocycles. The zero-order chi connectivity index (χ0) is 10.7. The van der Waals surface area contributed by atoms with Crippen LogP contribution >= 0.6 is 23.6 Å². The Kier molecular flexibility index (Phi) is 3.71. The van der Waals surface area contributed by atoms with Crippen molar-refractivity contribution in [1.29, 1.82) is 0 Å². The number of hydrogen-bond acceptors (Lipinski definition) is 5. The van der Waals surface area contributed by atoms with Gasteiger partial charge in [-0.2, -0.15) is 0 Å². The van der Waals surface area contributed by atoms with E-state index in [4.69, 9.17) is 12.2 Å². The van der Waals surface area contributed by atoms with Crippen LogP contribution in [-0.2, 0) is 0 Å². The van der Waals surface area contributed by atoms with Gasteiger partial charge in [0.1, 0.15) is 0 Å². The molecule has 1 aliphatic heterocycles. The van der Waals surface area contributed by atoms with E-state index >= 15 is 0 Å². The summed E-state index contributed by atoms with van der Waals surface area (Å²) in [5, 5.41) is 11.1. The fraction of sp³-hybridized carbons (Fsp3) is 0.778. The van der Waals surface area contributed by atoms with Crippen LogP contribution in [0, 0.1) is 9.87 Å². The molecular formula is C9H16N4S2. The first-order chi connectivity index (χ1) is 7.28. The maximum absolute atomic E-state index is 4.97. The lowest BCUT2D eigenvalue weighted by molar-refractivity contribution is 0.345. The second kappa shape index (κ2) is 5.05. The highest BCUT2D eigenvalue weighted by molar-refractivity contribution is 7.73. The minimum absolute atomic E-state index is 0.735. The maximum Gasteiger partial charge on any atom is 0.204 e. The Hall–Kier alpha value is -0.460. The lowest BCUT2D eigenvalue weighted by Crippen LogP contribution is -2.22. The van der Waals surface area contributed by atoms with Crippen molar-refractivity contribution >= 4 is 28.7 Å². The predicted octanol–water partition coefficient (Wildman–Crippen LogP) is 1.95. The van der Waals surface area contributed by atoms with E-state index in [1.807, 2.05) is 0 Å². The van der Waals surface area contributed by atoms with Gasteiger partial charge in [0.05, 0.1) is 0 Å². The smallest absolute Gasteiger partial charge is 0.204 e. The van der Waals surface area contributed by atoms with Gasteiger partial charge in [0.2, 0.25) is 5.13 Å². The van der Waals surface area contributed by atoms with E-state index in [2.05, 4.69) is 27.3 Å². The number of likely N-dealkylation sites (tertiary alicyclic amines) is 1. The Morgan fingerprint density at radius 2 is 2.60 bits per heavy atom. The first-order valence-corrected chi connectivity index (χ1v) is 6.52. The molecule has 0 bridgehead atoms. The third-order valence-electron chi connectivity index (χ3n) is 2.80. The standard InChI is InChI=1S/C9H16N4S2/c1-2-13-4-3-7(6-13)5-10-8-11-12-9(14)15-8/h7H,2-6H2,1H3,(H,10,11)(H,12,14). The number of nitrogens with zero attached hydrogens (tertiary/aromatic N) is 2. The van der Waals surface area contributed by atoms with Crippen LogP contribution in [0.5, 0.6) is 0 Å². The molecule has 1 atom stereocenters. The number of hydrogen-bond donors (Lipinski definition) is 2. The molecule has 84 valence electrons. The quantitative estimate of drug-likeness (QED) is 0.795. The Balaban J connectivity index is 1.77. The SMILES string of the molecule is CCN1CCC(CNc2n[nH]c(=S)s2)C1. The molecule has 2 heterocycles. The molecule has 1 aromatic heterocycles. The van der Waals surface area contributed by atoms with E-state index in [9.17, 15) is 0 Å². The molecule has 6 heteroatoms. The van der Waals surface area contributed by atoms with Gasteiger partial charge in [0.25, 0.3) is 0 Å². The van der Waals surface area contributed by atoms with Crippen LogP contribution in [0.1, 0.15) is 13.3 Å². The summed E-state index contributed by atoms with van der Waals surface area (Å²) >= 11 is 6.47. The van der Waals surface area contributed by atoms with Crippen LogP contribution in [0.25, 0.3) is 0 Å². The minimum atomic E-state index is 0.735. The van der Waals surface area contributed by atoms with Crippen molar-refractivity contribution in [2.24, 2.45) is 5.92 Å². The molecule has 0 spiro atoms. The molecule has 1 aliphatic rings. The van der Waals surface area contributed by atoms with Crippen molar-refractivity contribution in [3.05, 3.63) is 3.95 Å². The summed E-state index contributed by atoms with van der Waals surface area (Å²) < 4.78 is 0.735. The highest BCUT2D eigenvalue weighted by Crippen LogP contribution is 2.17. The van der Waals surface area contributed by atoms with Crippen LogP contribution in [0.15, 0.2) is 0 Å². The fourth-order valence-electron chi connectivity index (χ4n) is 1.90. The van der Waals surface area contributed by atoms with Gasteiger partial charge < -0.3 is 10.2 Å². The van der Waals surface area contributed by atoms with Gasteiger partial charge in [-0.3, -0.25) is 5.10 Å². The van der Waals surface area contributed by atoms with Gasteiger partial charge in [-0.1, -0.05) is 18.3 Å². The average molecular weight is 244 g/mol.